The minimum atomic E-state index is -1.39. The van der Waals surface area contributed by atoms with Crippen molar-refractivity contribution < 1.29 is 45.0 Å². The highest BCUT2D eigenvalue weighted by Gasteiger charge is 2.31. The first kappa shape index (κ1) is 26.2. The SMILES string of the molecule is CC(CO)(CO)C(=O)O.CC(CO)(CO)C(=O)O.CN(C)C=O. The fourth-order valence-electron chi connectivity index (χ4n) is 0.371. The number of hydrogen-bond acceptors (Lipinski definition) is 7. The molecule has 0 aliphatic heterocycles. The fourth-order valence-corrected chi connectivity index (χ4v) is 0.371. The number of nitrogens with zero attached hydrogens (tertiary/aromatic N) is 1. The van der Waals surface area contributed by atoms with Crippen LogP contribution in [-0.2, 0) is 14.4 Å². The Hall–Kier alpha value is -1.75. The Morgan fingerprint density at radius 3 is 1.00 bits per heavy atom. The lowest BCUT2D eigenvalue weighted by Crippen LogP contribution is -2.35. The van der Waals surface area contributed by atoms with Gasteiger partial charge in [-0.2, -0.15) is 0 Å². The Labute approximate surface area is 134 Å². The van der Waals surface area contributed by atoms with Crippen LogP contribution in [0.15, 0.2) is 0 Å². The molecule has 0 heterocycles. The Balaban J connectivity index is -0.000000273. The molecule has 138 valence electrons. The van der Waals surface area contributed by atoms with Crippen LogP contribution in [0.3, 0.4) is 0 Å². The molecular weight excluding hydrogens is 314 g/mol. The molecule has 0 radical (unpaired) electrons. The average molecular weight is 341 g/mol. The smallest absolute Gasteiger partial charge is 0.314 e. The van der Waals surface area contributed by atoms with Crippen molar-refractivity contribution in [1.82, 2.24) is 4.90 Å². The molecule has 10 heteroatoms. The van der Waals surface area contributed by atoms with E-state index < -0.39 is 49.2 Å². The van der Waals surface area contributed by atoms with E-state index in [4.69, 9.17) is 30.6 Å². The van der Waals surface area contributed by atoms with Crippen molar-refractivity contribution in [2.24, 2.45) is 10.8 Å². The van der Waals surface area contributed by atoms with Crippen LogP contribution in [0, 0.1) is 10.8 Å². The van der Waals surface area contributed by atoms with Gasteiger partial charge in [-0.05, 0) is 13.8 Å². The Morgan fingerprint density at radius 1 is 0.826 bits per heavy atom. The number of amides is 1. The van der Waals surface area contributed by atoms with E-state index in [0.717, 1.165) is 6.41 Å². The van der Waals surface area contributed by atoms with E-state index in [9.17, 15) is 14.4 Å². The highest BCUT2D eigenvalue weighted by Crippen LogP contribution is 2.13. The number of carbonyl (C=O) groups excluding carboxylic acids is 1. The predicted molar refractivity (Wildman–Crippen MR) is 79.6 cm³/mol. The van der Waals surface area contributed by atoms with Gasteiger partial charge in [0.1, 0.15) is 10.8 Å². The summed E-state index contributed by atoms with van der Waals surface area (Å²) in [6.07, 6.45) is 0.750. The molecule has 1 amide bonds. The average Bonchev–Trinajstić information content (AvgIpc) is 2.53. The molecule has 6 N–H and O–H groups in total. The highest BCUT2D eigenvalue weighted by molar-refractivity contribution is 5.74. The first-order valence-electron chi connectivity index (χ1n) is 6.42. The maximum atomic E-state index is 10.2. The summed E-state index contributed by atoms with van der Waals surface area (Å²) >= 11 is 0. The molecule has 0 atom stereocenters. The van der Waals surface area contributed by atoms with Crippen LogP contribution in [0.25, 0.3) is 0 Å². The zero-order valence-corrected chi connectivity index (χ0v) is 13.8. The van der Waals surface area contributed by atoms with E-state index in [1.165, 1.54) is 18.7 Å². The summed E-state index contributed by atoms with van der Waals surface area (Å²) in [7, 11) is 3.38. The second-order valence-corrected chi connectivity index (χ2v) is 5.43. The molecule has 0 aliphatic carbocycles. The molecule has 0 spiro atoms. The molecule has 0 saturated heterocycles. The molecule has 0 saturated carbocycles. The molecule has 23 heavy (non-hydrogen) atoms. The standard InChI is InChI=1S/2C5H10O4.C3H7NO/c2*1-5(2-6,3-7)4(8)9;1-4(2)3-5/h2*6-7H,2-3H2,1H3,(H,8,9);3H,1-2H3. The number of aliphatic hydroxyl groups is 4. The third-order valence-corrected chi connectivity index (χ3v) is 2.64. The van der Waals surface area contributed by atoms with Crippen LogP contribution in [-0.4, -0.2) is 94.4 Å². The first-order chi connectivity index (χ1) is 10.4. The maximum absolute atomic E-state index is 10.2. The summed E-state index contributed by atoms with van der Waals surface area (Å²) < 4.78 is 0. The van der Waals surface area contributed by atoms with Crippen LogP contribution in [0.2, 0.25) is 0 Å². The first-order valence-corrected chi connectivity index (χ1v) is 6.42. The van der Waals surface area contributed by atoms with E-state index in [-0.39, 0.29) is 0 Å². The van der Waals surface area contributed by atoms with E-state index in [0.29, 0.717) is 0 Å². The lowest BCUT2D eigenvalue weighted by molar-refractivity contribution is -0.154. The summed E-state index contributed by atoms with van der Waals surface area (Å²) in [5, 5.41) is 50.3. The minimum Gasteiger partial charge on any atom is -0.481 e. The van der Waals surface area contributed by atoms with Gasteiger partial charge in [-0.1, -0.05) is 0 Å². The van der Waals surface area contributed by atoms with Crippen molar-refractivity contribution in [1.29, 1.82) is 0 Å². The zero-order chi connectivity index (χ0) is 19.3. The monoisotopic (exact) mass is 341 g/mol. The van der Waals surface area contributed by atoms with Crippen molar-refractivity contribution in [3.8, 4) is 0 Å². The third-order valence-electron chi connectivity index (χ3n) is 2.64. The van der Waals surface area contributed by atoms with Crippen molar-refractivity contribution in [2.75, 3.05) is 40.5 Å². The van der Waals surface area contributed by atoms with Crippen LogP contribution in [0.4, 0.5) is 0 Å². The van der Waals surface area contributed by atoms with Gasteiger partial charge in [-0.15, -0.1) is 0 Å². The van der Waals surface area contributed by atoms with Crippen LogP contribution < -0.4 is 0 Å². The normalized spacial score (nSPS) is 10.4. The molecule has 0 fully saturated rings. The number of rotatable bonds is 7. The third kappa shape index (κ3) is 11.5. The molecule has 0 aromatic rings. The molecule has 10 nitrogen and oxygen atoms in total. The molecule has 0 bridgehead atoms. The van der Waals surface area contributed by atoms with Gasteiger partial charge in [-0.25, -0.2) is 0 Å². The number of carbonyl (C=O) groups is 3. The van der Waals surface area contributed by atoms with E-state index in [1.54, 1.807) is 14.1 Å². The summed E-state index contributed by atoms with van der Waals surface area (Å²) in [4.78, 5) is 31.2. The highest BCUT2D eigenvalue weighted by atomic mass is 16.4. The van der Waals surface area contributed by atoms with Crippen molar-refractivity contribution in [2.45, 2.75) is 13.8 Å². The molecule has 0 aromatic heterocycles. The second-order valence-electron chi connectivity index (χ2n) is 5.43. The number of aliphatic carboxylic acids is 2. The number of carboxylic acid groups (broad SMARTS) is 2. The van der Waals surface area contributed by atoms with Gasteiger partial charge in [0, 0.05) is 14.1 Å². The molecule has 0 rings (SSSR count). The van der Waals surface area contributed by atoms with E-state index in [1.807, 2.05) is 0 Å². The topological polar surface area (TPSA) is 176 Å². The van der Waals surface area contributed by atoms with Crippen LogP contribution in [0.1, 0.15) is 13.8 Å². The van der Waals surface area contributed by atoms with Gasteiger partial charge in [0.05, 0.1) is 26.4 Å². The number of carboxylic acids is 2. The van der Waals surface area contributed by atoms with E-state index in [2.05, 4.69) is 0 Å². The van der Waals surface area contributed by atoms with E-state index >= 15 is 0 Å². The van der Waals surface area contributed by atoms with Crippen LogP contribution in [0.5, 0.6) is 0 Å². The Kier molecular flexibility index (Phi) is 14.5. The van der Waals surface area contributed by atoms with Gasteiger partial charge < -0.3 is 35.5 Å². The molecular formula is C13H27NO9. The van der Waals surface area contributed by atoms with Gasteiger partial charge in [0.15, 0.2) is 0 Å². The molecule has 0 unspecified atom stereocenters. The second kappa shape index (κ2) is 12.8. The zero-order valence-electron chi connectivity index (χ0n) is 13.8. The maximum Gasteiger partial charge on any atom is 0.314 e. The lowest BCUT2D eigenvalue weighted by atomic mass is 9.94. The summed E-state index contributed by atoms with van der Waals surface area (Å²) in [6.45, 7) is 0.375. The fraction of sp³-hybridized carbons (Fsp3) is 0.769. The van der Waals surface area contributed by atoms with Crippen LogP contribution >= 0.6 is 0 Å². The van der Waals surface area contributed by atoms with Gasteiger partial charge in [0.2, 0.25) is 6.41 Å². The number of aliphatic hydroxyl groups excluding tert-OH is 4. The lowest BCUT2D eigenvalue weighted by Gasteiger charge is -2.17. The van der Waals surface area contributed by atoms with Gasteiger partial charge in [-0.3, -0.25) is 14.4 Å². The van der Waals surface area contributed by atoms with Crippen molar-refractivity contribution in [3.63, 3.8) is 0 Å². The predicted octanol–water partition coefficient (Wildman–Crippen LogP) is -2.17. The minimum absolute atomic E-state index is 0.543. The van der Waals surface area contributed by atoms with Crippen molar-refractivity contribution >= 4 is 18.3 Å². The molecule has 0 aromatic carbocycles. The largest absolute Gasteiger partial charge is 0.481 e. The van der Waals surface area contributed by atoms with Gasteiger partial charge in [0.25, 0.3) is 0 Å². The molecule has 0 aliphatic rings. The Bertz CT molecular complexity index is 321. The summed E-state index contributed by atoms with van der Waals surface area (Å²) in [6, 6.07) is 0. The van der Waals surface area contributed by atoms with Crippen molar-refractivity contribution in [3.05, 3.63) is 0 Å². The quantitative estimate of drug-likeness (QED) is 0.281. The van der Waals surface area contributed by atoms with Gasteiger partial charge >= 0.3 is 11.9 Å². The summed E-state index contributed by atoms with van der Waals surface area (Å²) in [5.41, 5.74) is -2.78. The summed E-state index contributed by atoms with van der Waals surface area (Å²) in [5.74, 6) is -2.37. The number of hydrogen-bond donors (Lipinski definition) is 6. The Morgan fingerprint density at radius 2 is 1.00 bits per heavy atom.